The Balaban J connectivity index is 1.85. The lowest BCUT2D eigenvalue weighted by Crippen LogP contribution is -2.46. The molecule has 0 saturated carbocycles. The van der Waals surface area contributed by atoms with Gasteiger partial charge in [0, 0.05) is 19.2 Å². The van der Waals surface area contributed by atoms with E-state index in [1.54, 1.807) is 47.4 Å². The van der Waals surface area contributed by atoms with Gasteiger partial charge in [-0.2, -0.15) is 0 Å². The van der Waals surface area contributed by atoms with Gasteiger partial charge in [-0.15, -0.1) is 0 Å². The minimum atomic E-state index is -3.98. The van der Waals surface area contributed by atoms with Crippen LogP contribution in [0.15, 0.2) is 59.5 Å². The number of carbonyl (C=O) groups excluding carboxylic acids is 2. The lowest BCUT2D eigenvalue weighted by atomic mass is 9.97. The molecule has 2 aromatic carbocycles. The first-order chi connectivity index (χ1) is 14.9. The summed E-state index contributed by atoms with van der Waals surface area (Å²) in [5.41, 5.74) is 0.334. The van der Waals surface area contributed by atoms with Crippen molar-refractivity contribution in [3.8, 4) is 5.75 Å². The SMILES string of the molecule is COC(=O)C1CCN(C(=O)CN(c2cccc(OC)c2)S(=O)(=O)c2ccccc2)CC1. The molecule has 1 aliphatic heterocycles. The maximum absolute atomic E-state index is 13.4. The summed E-state index contributed by atoms with van der Waals surface area (Å²) in [6, 6.07) is 14.6. The van der Waals surface area contributed by atoms with Crippen molar-refractivity contribution >= 4 is 27.6 Å². The molecule has 0 bridgehead atoms. The summed E-state index contributed by atoms with van der Waals surface area (Å²) in [6.07, 6.45) is 0.978. The van der Waals surface area contributed by atoms with E-state index in [9.17, 15) is 18.0 Å². The molecule has 9 heteroatoms. The van der Waals surface area contributed by atoms with Gasteiger partial charge in [-0.3, -0.25) is 13.9 Å². The molecule has 0 unspecified atom stereocenters. The number of hydrogen-bond acceptors (Lipinski definition) is 6. The fourth-order valence-electron chi connectivity index (χ4n) is 3.55. The highest BCUT2D eigenvalue weighted by Gasteiger charge is 2.32. The molecule has 1 fully saturated rings. The summed E-state index contributed by atoms with van der Waals surface area (Å²) in [7, 11) is -1.15. The zero-order chi connectivity index (χ0) is 22.4. The van der Waals surface area contributed by atoms with Gasteiger partial charge in [-0.05, 0) is 37.1 Å². The highest BCUT2D eigenvalue weighted by Crippen LogP contribution is 2.27. The van der Waals surface area contributed by atoms with Crippen LogP contribution in [0.5, 0.6) is 5.75 Å². The molecule has 0 atom stereocenters. The van der Waals surface area contributed by atoms with Gasteiger partial charge in [0.1, 0.15) is 12.3 Å². The van der Waals surface area contributed by atoms with E-state index in [2.05, 4.69) is 0 Å². The van der Waals surface area contributed by atoms with E-state index in [4.69, 9.17) is 9.47 Å². The number of anilines is 1. The summed E-state index contributed by atoms with van der Waals surface area (Å²) < 4.78 is 37.9. The van der Waals surface area contributed by atoms with E-state index < -0.39 is 10.0 Å². The second kappa shape index (κ2) is 9.82. The van der Waals surface area contributed by atoms with E-state index in [1.807, 2.05) is 0 Å². The Labute approximate surface area is 182 Å². The van der Waals surface area contributed by atoms with Gasteiger partial charge in [0.25, 0.3) is 10.0 Å². The number of hydrogen-bond donors (Lipinski definition) is 0. The molecule has 0 aromatic heterocycles. The predicted octanol–water partition coefficient (Wildman–Crippen LogP) is 2.30. The number of esters is 1. The molecular weight excluding hydrogens is 420 g/mol. The standard InChI is InChI=1S/C22H26N2O6S/c1-29-19-8-6-7-18(15-19)24(31(27,28)20-9-4-3-5-10-20)16-21(25)23-13-11-17(12-14-23)22(26)30-2/h3-10,15,17H,11-14,16H2,1-2H3. The van der Waals surface area contributed by atoms with Crippen LogP contribution in [0, 0.1) is 5.92 Å². The lowest BCUT2D eigenvalue weighted by molar-refractivity contribution is -0.148. The quantitative estimate of drug-likeness (QED) is 0.606. The van der Waals surface area contributed by atoms with Crippen molar-refractivity contribution in [1.29, 1.82) is 0 Å². The van der Waals surface area contributed by atoms with Gasteiger partial charge in [0.15, 0.2) is 0 Å². The molecule has 2 aromatic rings. The van der Waals surface area contributed by atoms with E-state index in [1.165, 1.54) is 26.4 Å². The zero-order valence-corrected chi connectivity index (χ0v) is 18.4. The number of ether oxygens (including phenoxy) is 2. The Bertz CT molecular complexity index is 1020. The highest BCUT2D eigenvalue weighted by atomic mass is 32.2. The topological polar surface area (TPSA) is 93.2 Å². The van der Waals surface area contributed by atoms with E-state index in [-0.39, 0.29) is 29.2 Å². The fraction of sp³-hybridized carbons (Fsp3) is 0.364. The minimum absolute atomic E-state index is 0.0926. The molecule has 0 N–H and O–H groups in total. The van der Waals surface area contributed by atoms with Crippen molar-refractivity contribution in [2.24, 2.45) is 5.92 Å². The van der Waals surface area contributed by atoms with Crippen LogP contribution in [0.1, 0.15) is 12.8 Å². The van der Waals surface area contributed by atoms with E-state index in [0.29, 0.717) is 37.4 Å². The summed E-state index contributed by atoms with van der Waals surface area (Å²) in [4.78, 5) is 26.4. The minimum Gasteiger partial charge on any atom is -0.497 e. The van der Waals surface area contributed by atoms with Crippen LogP contribution >= 0.6 is 0 Å². The van der Waals surface area contributed by atoms with Crippen LogP contribution in [0.4, 0.5) is 5.69 Å². The monoisotopic (exact) mass is 446 g/mol. The van der Waals surface area contributed by atoms with Crippen molar-refractivity contribution in [2.45, 2.75) is 17.7 Å². The number of benzene rings is 2. The van der Waals surface area contributed by atoms with Crippen LogP contribution in [0.25, 0.3) is 0 Å². The maximum atomic E-state index is 13.4. The van der Waals surface area contributed by atoms with Crippen molar-refractivity contribution < 1.29 is 27.5 Å². The van der Waals surface area contributed by atoms with Crippen LogP contribution in [0.3, 0.4) is 0 Å². The van der Waals surface area contributed by atoms with Gasteiger partial charge >= 0.3 is 5.97 Å². The lowest BCUT2D eigenvalue weighted by Gasteiger charge is -2.33. The largest absolute Gasteiger partial charge is 0.497 e. The molecular formula is C22H26N2O6S. The van der Waals surface area contributed by atoms with E-state index in [0.717, 1.165) is 4.31 Å². The average Bonchev–Trinajstić information content (AvgIpc) is 2.82. The Morgan fingerprint density at radius 3 is 2.32 bits per heavy atom. The van der Waals surface area contributed by atoms with Crippen molar-refractivity contribution in [3.63, 3.8) is 0 Å². The molecule has 0 spiro atoms. The number of nitrogens with zero attached hydrogens (tertiary/aromatic N) is 2. The van der Waals surface area contributed by atoms with Gasteiger partial charge in [-0.25, -0.2) is 8.42 Å². The van der Waals surface area contributed by atoms with E-state index >= 15 is 0 Å². The molecule has 1 aliphatic rings. The number of amides is 1. The average molecular weight is 447 g/mol. The Kier molecular flexibility index (Phi) is 7.17. The van der Waals surface area contributed by atoms with Crippen LogP contribution in [-0.4, -0.2) is 59.0 Å². The first-order valence-electron chi connectivity index (χ1n) is 9.94. The van der Waals surface area contributed by atoms with Crippen LogP contribution < -0.4 is 9.04 Å². The number of sulfonamides is 1. The van der Waals surface area contributed by atoms with Gasteiger partial charge in [0.2, 0.25) is 5.91 Å². The van der Waals surface area contributed by atoms with Gasteiger partial charge in [0.05, 0.1) is 30.7 Å². The van der Waals surface area contributed by atoms with Gasteiger partial charge < -0.3 is 14.4 Å². The zero-order valence-electron chi connectivity index (χ0n) is 17.6. The normalized spacial score (nSPS) is 14.7. The summed E-state index contributed by atoms with van der Waals surface area (Å²) >= 11 is 0. The van der Waals surface area contributed by atoms with Crippen molar-refractivity contribution in [1.82, 2.24) is 4.90 Å². The maximum Gasteiger partial charge on any atom is 0.308 e. The molecule has 0 radical (unpaired) electrons. The number of rotatable bonds is 7. The third-order valence-corrected chi connectivity index (χ3v) is 7.12. The number of methoxy groups -OCH3 is 2. The number of piperidine rings is 1. The highest BCUT2D eigenvalue weighted by molar-refractivity contribution is 7.92. The third kappa shape index (κ3) is 5.16. The van der Waals surface area contributed by atoms with Crippen LogP contribution in [-0.2, 0) is 24.3 Å². The first kappa shape index (κ1) is 22.6. The Morgan fingerprint density at radius 2 is 1.71 bits per heavy atom. The molecule has 0 aliphatic carbocycles. The number of likely N-dealkylation sites (tertiary alicyclic amines) is 1. The smallest absolute Gasteiger partial charge is 0.308 e. The van der Waals surface area contributed by atoms with Crippen LogP contribution in [0.2, 0.25) is 0 Å². The third-order valence-electron chi connectivity index (χ3n) is 5.33. The molecule has 166 valence electrons. The van der Waals surface area contributed by atoms with Crippen molar-refractivity contribution in [2.75, 3.05) is 38.2 Å². The summed E-state index contributed by atoms with van der Waals surface area (Å²) in [5, 5.41) is 0. The molecule has 1 amide bonds. The molecule has 1 saturated heterocycles. The molecule has 1 heterocycles. The summed E-state index contributed by atoms with van der Waals surface area (Å²) in [6.45, 7) is 0.388. The molecule has 31 heavy (non-hydrogen) atoms. The fourth-order valence-corrected chi connectivity index (χ4v) is 4.98. The Hall–Kier alpha value is -3.07. The second-order valence-corrected chi connectivity index (χ2v) is 9.07. The van der Waals surface area contributed by atoms with Crippen molar-refractivity contribution in [3.05, 3.63) is 54.6 Å². The molecule has 8 nitrogen and oxygen atoms in total. The predicted molar refractivity (Wildman–Crippen MR) is 115 cm³/mol. The summed E-state index contributed by atoms with van der Waals surface area (Å²) in [5.74, 6) is -0.365. The van der Waals surface area contributed by atoms with Gasteiger partial charge in [-0.1, -0.05) is 24.3 Å². The molecule has 3 rings (SSSR count). The first-order valence-corrected chi connectivity index (χ1v) is 11.4. The number of carbonyl (C=O) groups is 2. The Morgan fingerprint density at radius 1 is 1.03 bits per heavy atom. The second-order valence-electron chi connectivity index (χ2n) is 7.20.